The summed E-state index contributed by atoms with van der Waals surface area (Å²) in [6.07, 6.45) is 3.93. The van der Waals surface area contributed by atoms with Crippen molar-refractivity contribution in [1.82, 2.24) is 9.80 Å². The Morgan fingerprint density at radius 3 is 3.08 bits per heavy atom. The van der Waals surface area contributed by atoms with Crippen LogP contribution in [0.15, 0.2) is 12.3 Å². The van der Waals surface area contributed by atoms with Crippen molar-refractivity contribution >= 4 is 0 Å². The molecule has 2 nitrogen and oxygen atoms in total. The molecule has 2 aliphatic heterocycles. The van der Waals surface area contributed by atoms with E-state index in [0.717, 1.165) is 6.04 Å². The lowest BCUT2D eigenvalue weighted by molar-refractivity contribution is 0.0945. The smallest absolute Gasteiger partial charge is 0.0414 e. The lowest BCUT2D eigenvalue weighted by Gasteiger charge is -2.45. The minimum atomic E-state index is 0.769. The van der Waals surface area contributed by atoms with Crippen molar-refractivity contribution < 1.29 is 0 Å². The number of piperazine rings is 1. The van der Waals surface area contributed by atoms with Crippen molar-refractivity contribution in [2.75, 3.05) is 26.7 Å². The highest BCUT2D eigenvalue weighted by atomic mass is 15.3. The third-order valence-electron chi connectivity index (χ3n) is 3.09. The molecule has 0 aromatic heterocycles. The van der Waals surface area contributed by atoms with Crippen LogP contribution in [0, 0.1) is 0 Å². The molecule has 2 saturated heterocycles. The highest BCUT2D eigenvalue weighted by molar-refractivity contribution is 5.03. The van der Waals surface area contributed by atoms with Crippen molar-refractivity contribution in [1.29, 1.82) is 0 Å². The maximum atomic E-state index is 4.13. The normalized spacial score (nSPS) is 31.9. The molecular weight excluding hydrogens is 148 g/mol. The van der Waals surface area contributed by atoms with Gasteiger partial charge in [-0.15, -0.1) is 0 Å². The Morgan fingerprint density at radius 1 is 1.42 bits per heavy atom. The predicted molar refractivity (Wildman–Crippen MR) is 51.0 cm³/mol. The van der Waals surface area contributed by atoms with E-state index >= 15 is 0 Å². The molecule has 0 aliphatic carbocycles. The van der Waals surface area contributed by atoms with Crippen LogP contribution < -0.4 is 0 Å². The third kappa shape index (κ3) is 1.36. The van der Waals surface area contributed by atoms with Crippen LogP contribution in [0.1, 0.15) is 19.3 Å². The Labute approximate surface area is 74.8 Å². The van der Waals surface area contributed by atoms with Gasteiger partial charge >= 0.3 is 0 Å². The van der Waals surface area contributed by atoms with E-state index < -0.39 is 0 Å². The van der Waals surface area contributed by atoms with Crippen LogP contribution in [0.4, 0.5) is 0 Å². The van der Waals surface area contributed by atoms with Crippen molar-refractivity contribution in [2.45, 2.75) is 25.3 Å². The summed E-state index contributed by atoms with van der Waals surface area (Å²) >= 11 is 0. The minimum Gasteiger partial charge on any atom is -0.370 e. The lowest BCUT2D eigenvalue weighted by Crippen LogP contribution is -2.52. The number of nitrogens with zero attached hydrogens (tertiary/aromatic N) is 2. The Kier molecular flexibility index (Phi) is 2.09. The Balaban J connectivity index is 2.04. The van der Waals surface area contributed by atoms with Gasteiger partial charge in [-0.1, -0.05) is 6.58 Å². The Hall–Kier alpha value is -0.500. The number of rotatable bonds is 0. The molecule has 0 saturated carbocycles. The zero-order chi connectivity index (χ0) is 8.55. The third-order valence-corrected chi connectivity index (χ3v) is 3.09. The second-order valence-corrected chi connectivity index (χ2v) is 4.07. The molecule has 1 atom stereocenters. The standard InChI is InChI=1S/C10H18N2/c1-9-4-3-5-10-8-11(2)6-7-12(9)10/h10H,1,3-8H2,2H3. The summed E-state index contributed by atoms with van der Waals surface area (Å²) in [5, 5.41) is 0. The average molecular weight is 166 g/mol. The van der Waals surface area contributed by atoms with Crippen molar-refractivity contribution in [2.24, 2.45) is 0 Å². The molecule has 0 spiro atoms. The predicted octanol–water partition coefficient (Wildman–Crippen LogP) is 1.30. The number of hydrogen-bond donors (Lipinski definition) is 0. The molecule has 0 radical (unpaired) electrons. The first-order valence-corrected chi connectivity index (χ1v) is 4.90. The van der Waals surface area contributed by atoms with E-state index in [4.69, 9.17) is 0 Å². The fourth-order valence-electron chi connectivity index (χ4n) is 2.36. The highest BCUT2D eigenvalue weighted by Crippen LogP contribution is 2.26. The van der Waals surface area contributed by atoms with Gasteiger partial charge in [-0.05, 0) is 26.3 Å². The molecule has 2 aliphatic rings. The maximum Gasteiger partial charge on any atom is 0.0414 e. The van der Waals surface area contributed by atoms with E-state index in [-0.39, 0.29) is 0 Å². The minimum absolute atomic E-state index is 0.769. The summed E-state index contributed by atoms with van der Waals surface area (Å²) < 4.78 is 0. The van der Waals surface area contributed by atoms with E-state index in [9.17, 15) is 0 Å². The highest BCUT2D eigenvalue weighted by Gasteiger charge is 2.28. The van der Waals surface area contributed by atoms with Gasteiger partial charge in [0.05, 0.1) is 0 Å². The fourth-order valence-corrected chi connectivity index (χ4v) is 2.36. The van der Waals surface area contributed by atoms with Gasteiger partial charge in [-0.3, -0.25) is 0 Å². The van der Waals surface area contributed by atoms with Gasteiger partial charge in [0.15, 0.2) is 0 Å². The molecule has 1 unspecified atom stereocenters. The van der Waals surface area contributed by atoms with Crippen LogP contribution in [-0.2, 0) is 0 Å². The molecule has 12 heavy (non-hydrogen) atoms. The van der Waals surface area contributed by atoms with Crippen LogP contribution in [0.2, 0.25) is 0 Å². The summed E-state index contributed by atoms with van der Waals surface area (Å²) in [6, 6.07) is 0.769. The molecule has 2 rings (SSSR count). The van der Waals surface area contributed by atoms with Crippen LogP contribution in [0.5, 0.6) is 0 Å². The summed E-state index contributed by atoms with van der Waals surface area (Å²) in [4.78, 5) is 4.95. The molecular formula is C10H18N2. The zero-order valence-electron chi connectivity index (χ0n) is 7.92. The summed E-state index contributed by atoms with van der Waals surface area (Å²) in [5.41, 5.74) is 1.37. The van der Waals surface area contributed by atoms with Gasteiger partial charge in [0.25, 0.3) is 0 Å². The van der Waals surface area contributed by atoms with Gasteiger partial charge in [0.2, 0.25) is 0 Å². The van der Waals surface area contributed by atoms with Gasteiger partial charge in [-0.25, -0.2) is 0 Å². The number of likely N-dealkylation sites (N-methyl/N-ethyl adjacent to an activating group) is 1. The summed E-state index contributed by atoms with van der Waals surface area (Å²) in [6.45, 7) is 7.76. The van der Waals surface area contributed by atoms with Crippen LogP contribution in [-0.4, -0.2) is 42.5 Å². The number of allylic oxidation sites excluding steroid dienone is 1. The lowest BCUT2D eigenvalue weighted by atomic mass is 9.98. The largest absolute Gasteiger partial charge is 0.370 e. The van der Waals surface area contributed by atoms with Gasteiger partial charge in [0.1, 0.15) is 0 Å². The first kappa shape index (κ1) is 8.11. The summed E-state index contributed by atoms with van der Waals surface area (Å²) in [5.74, 6) is 0. The van der Waals surface area contributed by atoms with Crippen LogP contribution >= 0.6 is 0 Å². The second-order valence-electron chi connectivity index (χ2n) is 4.07. The van der Waals surface area contributed by atoms with E-state index in [1.54, 1.807) is 0 Å². The molecule has 0 bridgehead atoms. The average Bonchev–Trinajstić information content (AvgIpc) is 2.04. The van der Waals surface area contributed by atoms with Crippen molar-refractivity contribution in [3.63, 3.8) is 0 Å². The van der Waals surface area contributed by atoms with Crippen molar-refractivity contribution in [3.8, 4) is 0 Å². The van der Waals surface area contributed by atoms with Gasteiger partial charge in [-0.2, -0.15) is 0 Å². The molecule has 2 heterocycles. The molecule has 0 amide bonds. The molecule has 2 fully saturated rings. The fraction of sp³-hybridized carbons (Fsp3) is 0.800. The molecule has 0 aromatic carbocycles. The number of piperidine rings is 1. The SMILES string of the molecule is C=C1CCCC2CN(C)CCN12. The Morgan fingerprint density at radius 2 is 2.25 bits per heavy atom. The molecule has 68 valence electrons. The monoisotopic (exact) mass is 166 g/mol. The zero-order valence-corrected chi connectivity index (χ0v) is 7.92. The maximum absolute atomic E-state index is 4.13. The van der Waals surface area contributed by atoms with Crippen LogP contribution in [0.3, 0.4) is 0 Å². The summed E-state index contributed by atoms with van der Waals surface area (Å²) in [7, 11) is 2.22. The first-order chi connectivity index (χ1) is 5.77. The molecule has 0 aromatic rings. The van der Waals surface area contributed by atoms with Crippen molar-refractivity contribution in [3.05, 3.63) is 12.3 Å². The van der Waals surface area contributed by atoms with E-state index in [2.05, 4.69) is 23.4 Å². The van der Waals surface area contributed by atoms with Gasteiger partial charge < -0.3 is 9.80 Å². The quantitative estimate of drug-likeness (QED) is 0.535. The van der Waals surface area contributed by atoms with E-state index in [1.165, 1.54) is 44.6 Å². The number of fused-ring (bicyclic) bond motifs is 1. The second kappa shape index (κ2) is 3.09. The first-order valence-electron chi connectivity index (χ1n) is 4.90. The molecule has 0 N–H and O–H groups in total. The molecule has 2 heteroatoms. The van der Waals surface area contributed by atoms with Crippen LogP contribution in [0.25, 0.3) is 0 Å². The van der Waals surface area contributed by atoms with Gasteiger partial charge in [0, 0.05) is 31.4 Å². The van der Waals surface area contributed by atoms with E-state index in [0.29, 0.717) is 0 Å². The number of hydrogen-bond acceptors (Lipinski definition) is 2. The topological polar surface area (TPSA) is 6.48 Å². The Bertz CT molecular complexity index is 188. The van der Waals surface area contributed by atoms with E-state index in [1.807, 2.05) is 0 Å².